The molecule has 0 unspecified atom stereocenters. The monoisotopic (exact) mass is 269 g/mol. The fourth-order valence-electron chi connectivity index (χ4n) is 2.26. The normalized spacial score (nSPS) is 12.3. The van der Waals surface area contributed by atoms with Crippen molar-refractivity contribution in [3.63, 3.8) is 0 Å². The largest absolute Gasteiger partial charge is 0.454 e. The Hall–Kier alpha value is -2.49. The van der Waals surface area contributed by atoms with Gasteiger partial charge in [0.2, 0.25) is 6.79 Å². The molecule has 0 radical (unpaired) electrons. The summed E-state index contributed by atoms with van der Waals surface area (Å²) in [6.07, 6.45) is 0. The standard InChI is InChI=1S/C16H15NO3/c1-10-6-14-15(20-9-19-14)8-13(10)16(18)11-4-3-5-12(7-11)17-2/h3-8,17H,9H2,1-2H3. The smallest absolute Gasteiger partial charge is 0.231 e. The van der Waals surface area contributed by atoms with E-state index in [-0.39, 0.29) is 12.6 Å². The van der Waals surface area contributed by atoms with Gasteiger partial charge < -0.3 is 14.8 Å². The van der Waals surface area contributed by atoms with E-state index in [2.05, 4.69) is 5.32 Å². The summed E-state index contributed by atoms with van der Waals surface area (Å²) in [4.78, 5) is 12.6. The first kappa shape index (κ1) is 12.5. The molecule has 0 amide bonds. The molecule has 1 N–H and O–H groups in total. The molecule has 4 nitrogen and oxygen atoms in total. The third-order valence-corrected chi connectivity index (χ3v) is 3.38. The molecule has 0 bridgehead atoms. The lowest BCUT2D eigenvalue weighted by Crippen LogP contribution is -2.04. The maximum Gasteiger partial charge on any atom is 0.231 e. The molecule has 1 heterocycles. The predicted molar refractivity (Wildman–Crippen MR) is 76.7 cm³/mol. The third-order valence-electron chi connectivity index (χ3n) is 3.38. The number of aryl methyl sites for hydroxylation is 1. The van der Waals surface area contributed by atoms with Crippen LogP contribution in [0.4, 0.5) is 5.69 Å². The van der Waals surface area contributed by atoms with E-state index in [1.54, 1.807) is 6.07 Å². The molecule has 2 aromatic rings. The Morgan fingerprint density at radius 3 is 2.65 bits per heavy atom. The van der Waals surface area contributed by atoms with Crippen LogP contribution in [0.2, 0.25) is 0 Å². The SMILES string of the molecule is CNc1cccc(C(=O)c2cc3c(cc2C)OCO3)c1. The summed E-state index contributed by atoms with van der Waals surface area (Å²) < 4.78 is 10.7. The van der Waals surface area contributed by atoms with Crippen molar-refractivity contribution in [2.75, 3.05) is 19.2 Å². The van der Waals surface area contributed by atoms with Gasteiger partial charge in [-0.3, -0.25) is 4.79 Å². The van der Waals surface area contributed by atoms with Crippen LogP contribution < -0.4 is 14.8 Å². The van der Waals surface area contributed by atoms with Gasteiger partial charge in [0.15, 0.2) is 17.3 Å². The Morgan fingerprint density at radius 2 is 1.90 bits per heavy atom. The average molecular weight is 269 g/mol. The van der Waals surface area contributed by atoms with Gasteiger partial charge >= 0.3 is 0 Å². The molecular formula is C16H15NO3. The van der Waals surface area contributed by atoms with Crippen LogP contribution in [0.1, 0.15) is 21.5 Å². The second kappa shape index (κ2) is 4.89. The van der Waals surface area contributed by atoms with E-state index in [1.165, 1.54) is 0 Å². The topological polar surface area (TPSA) is 47.6 Å². The van der Waals surface area contributed by atoms with Gasteiger partial charge in [-0.05, 0) is 36.8 Å². The van der Waals surface area contributed by atoms with E-state index in [4.69, 9.17) is 9.47 Å². The van der Waals surface area contributed by atoms with Crippen molar-refractivity contribution < 1.29 is 14.3 Å². The maximum atomic E-state index is 12.6. The fraction of sp³-hybridized carbons (Fsp3) is 0.188. The number of benzene rings is 2. The van der Waals surface area contributed by atoms with Crippen molar-refractivity contribution in [3.8, 4) is 11.5 Å². The molecular weight excluding hydrogens is 254 g/mol. The van der Waals surface area contributed by atoms with Gasteiger partial charge in [0.05, 0.1) is 0 Å². The van der Waals surface area contributed by atoms with Crippen molar-refractivity contribution in [2.24, 2.45) is 0 Å². The van der Waals surface area contributed by atoms with Crippen molar-refractivity contribution in [1.82, 2.24) is 0 Å². The van der Waals surface area contributed by atoms with Crippen molar-refractivity contribution >= 4 is 11.5 Å². The number of hydrogen-bond acceptors (Lipinski definition) is 4. The summed E-state index contributed by atoms with van der Waals surface area (Å²) in [6.45, 7) is 2.11. The van der Waals surface area contributed by atoms with Crippen LogP contribution in [0, 0.1) is 6.92 Å². The molecule has 0 aromatic heterocycles. The van der Waals surface area contributed by atoms with Crippen molar-refractivity contribution in [1.29, 1.82) is 0 Å². The minimum atomic E-state index is -0.0158. The summed E-state index contributed by atoms with van der Waals surface area (Å²) in [5.74, 6) is 1.31. The van der Waals surface area contributed by atoms with Crippen molar-refractivity contribution in [2.45, 2.75) is 6.92 Å². The Morgan fingerprint density at radius 1 is 1.15 bits per heavy atom. The molecule has 3 rings (SSSR count). The molecule has 0 saturated heterocycles. The minimum absolute atomic E-state index is 0.0158. The van der Waals surface area contributed by atoms with Crippen LogP contribution in [0.25, 0.3) is 0 Å². The molecule has 0 saturated carbocycles. The van der Waals surface area contributed by atoms with E-state index in [0.717, 1.165) is 11.3 Å². The lowest BCUT2D eigenvalue weighted by atomic mass is 9.98. The first-order chi connectivity index (χ1) is 9.69. The summed E-state index contributed by atoms with van der Waals surface area (Å²) in [5, 5.41) is 3.03. The first-order valence-corrected chi connectivity index (χ1v) is 6.42. The van der Waals surface area contributed by atoms with Gasteiger partial charge in [-0.2, -0.15) is 0 Å². The van der Waals surface area contributed by atoms with E-state index in [9.17, 15) is 4.79 Å². The van der Waals surface area contributed by atoms with Crippen molar-refractivity contribution in [3.05, 3.63) is 53.1 Å². The zero-order chi connectivity index (χ0) is 14.1. The highest BCUT2D eigenvalue weighted by molar-refractivity contribution is 6.10. The Balaban J connectivity index is 2.02. The number of ketones is 1. The lowest BCUT2D eigenvalue weighted by molar-refractivity contribution is 0.103. The summed E-state index contributed by atoms with van der Waals surface area (Å²) in [6, 6.07) is 11.0. The highest BCUT2D eigenvalue weighted by atomic mass is 16.7. The zero-order valence-electron chi connectivity index (χ0n) is 11.4. The van der Waals surface area contributed by atoms with Crippen LogP contribution >= 0.6 is 0 Å². The predicted octanol–water partition coefficient (Wildman–Crippen LogP) is 3.00. The van der Waals surface area contributed by atoms with Gasteiger partial charge in [0.1, 0.15) is 0 Å². The Bertz CT molecular complexity index is 679. The zero-order valence-corrected chi connectivity index (χ0v) is 11.4. The summed E-state index contributed by atoms with van der Waals surface area (Å²) in [7, 11) is 1.83. The molecule has 20 heavy (non-hydrogen) atoms. The van der Waals surface area contributed by atoms with Crippen LogP contribution in [0.5, 0.6) is 11.5 Å². The van der Waals surface area contributed by atoms with Gasteiger partial charge in [-0.15, -0.1) is 0 Å². The number of hydrogen-bond donors (Lipinski definition) is 1. The van der Waals surface area contributed by atoms with E-state index < -0.39 is 0 Å². The Labute approximate surface area is 117 Å². The van der Waals surface area contributed by atoms with Crippen LogP contribution in [-0.2, 0) is 0 Å². The van der Waals surface area contributed by atoms with E-state index in [0.29, 0.717) is 22.6 Å². The first-order valence-electron chi connectivity index (χ1n) is 6.42. The molecule has 0 spiro atoms. The van der Waals surface area contributed by atoms with Gasteiger partial charge in [-0.1, -0.05) is 12.1 Å². The van der Waals surface area contributed by atoms with Crippen LogP contribution in [-0.4, -0.2) is 19.6 Å². The molecule has 1 aliphatic heterocycles. The van der Waals surface area contributed by atoms with Crippen LogP contribution in [0.3, 0.4) is 0 Å². The summed E-state index contributed by atoms with van der Waals surface area (Å²) >= 11 is 0. The molecule has 0 aliphatic carbocycles. The average Bonchev–Trinajstić information content (AvgIpc) is 2.92. The van der Waals surface area contributed by atoms with Gasteiger partial charge in [0.25, 0.3) is 0 Å². The third kappa shape index (κ3) is 2.09. The minimum Gasteiger partial charge on any atom is -0.454 e. The number of anilines is 1. The molecule has 1 aliphatic rings. The molecule has 102 valence electrons. The molecule has 0 atom stereocenters. The number of nitrogens with one attached hydrogen (secondary N) is 1. The second-order valence-corrected chi connectivity index (χ2v) is 4.68. The second-order valence-electron chi connectivity index (χ2n) is 4.68. The number of carbonyl (C=O) groups is 1. The maximum absolute atomic E-state index is 12.6. The Kier molecular flexibility index (Phi) is 3.06. The number of fused-ring (bicyclic) bond motifs is 1. The molecule has 0 fully saturated rings. The molecule has 2 aromatic carbocycles. The molecule has 4 heteroatoms. The highest BCUT2D eigenvalue weighted by Crippen LogP contribution is 2.35. The van der Waals surface area contributed by atoms with E-state index >= 15 is 0 Å². The highest BCUT2D eigenvalue weighted by Gasteiger charge is 2.20. The van der Waals surface area contributed by atoms with E-state index in [1.807, 2.05) is 44.3 Å². The number of ether oxygens (including phenoxy) is 2. The fourth-order valence-corrected chi connectivity index (χ4v) is 2.26. The van der Waals surface area contributed by atoms with Gasteiger partial charge in [-0.25, -0.2) is 0 Å². The number of carbonyl (C=O) groups excluding carboxylic acids is 1. The lowest BCUT2D eigenvalue weighted by Gasteiger charge is -2.08. The summed E-state index contributed by atoms with van der Waals surface area (Å²) in [5.41, 5.74) is 3.09. The van der Waals surface area contributed by atoms with Gasteiger partial charge in [0, 0.05) is 23.9 Å². The number of rotatable bonds is 3. The van der Waals surface area contributed by atoms with Crippen LogP contribution in [0.15, 0.2) is 36.4 Å². The quantitative estimate of drug-likeness (QED) is 0.870.